The van der Waals surface area contributed by atoms with Crippen molar-refractivity contribution in [1.29, 1.82) is 0 Å². The Morgan fingerprint density at radius 3 is 2.50 bits per heavy atom. The number of nitrogens with one attached hydrogen (secondary N) is 1. The Labute approximate surface area is 98.1 Å². The lowest BCUT2D eigenvalue weighted by molar-refractivity contribution is 0.600. The van der Waals surface area contributed by atoms with Crippen molar-refractivity contribution in [3.63, 3.8) is 0 Å². The largest absolute Gasteiger partial charge is 0.257 e. The summed E-state index contributed by atoms with van der Waals surface area (Å²) in [5, 5.41) is 0. The monoisotopic (exact) mass is 244 g/mol. The van der Waals surface area contributed by atoms with Crippen LogP contribution in [0.5, 0.6) is 0 Å². The van der Waals surface area contributed by atoms with E-state index in [1.54, 1.807) is 6.07 Å². The zero-order valence-electron chi connectivity index (χ0n) is 9.95. The topological polar surface area (TPSA) is 42.0 Å². The second-order valence-electron chi connectivity index (χ2n) is 4.62. The van der Waals surface area contributed by atoms with Crippen molar-refractivity contribution in [3.05, 3.63) is 29.8 Å². The summed E-state index contributed by atoms with van der Waals surface area (Å²) in [5.74, 6) is -0.368. The third-order valence-electron chi connectivity index (χ3n) is 2.03. The molecule has 0 aliphatic carbocycles. The molecule has 0 amide bonds. The molecule has 1 aromatic heterocycles. The maximum atomic E-state index is 12.7. The van der Waals surface area contributed by atoms with Gasteiger partial charge in [-0.1, -0.05) is 0 Å². The third kappa shape index (κ3) is 3.64. The molecule has 1 heterocycles. The number of pyridine rings is 1. The summed E-state index contributed by atoms with van der Waals surface area (Å²) in [4.78, 5) is 3.94. The predicted octanol–water partition coefficient (Wildman–Crippen LogP) is 2.33. The molecule has 0 aliphatic heterocycles. The highest BCUT2D eigenvalue weighted by atomic mass is 32.2. The summed E-state index contributed by atoms with van der Waals surface area (Å²) in [6.45, 7) is 7.52. The van der Waals surface area contributed by atoms with Crippen LogP contribution >= 0.6 is 0 Å². The van der Waals surface area contributed by atoms with Gasteiger partial charge in [0.05, 0.1) is 33.7 Å². The van der Waals surface area contributed by atoms with E-state index in [4.69, 9.17) is 0 Å². The van der Waals surface area contributed by atoms with E-state index in [2.05, 4.69) is 9.71 Å². The Balaban J connectivity index is 2.69. The Hall–Kier alpha value is -0.810. The SMILES string of the molecule is CC(N[S@](=O)C(C)(C)C)c1ccc(F)cn1. The zero-order chi connectivity index (χ0) is 12.3. The fourth-order valence-corrected chi connectivity index (χ4v) is 1.84. The van der Waals surface area contributed by atoms with Crippen LogP contribution in [0.15, 0.2) is 18.3 Å². The predicted molar refractivity (Wildman–Crippen MR) is 63.6 cm³/mol. The number of hydrogen-bond acceptors (Lipinski definition) is 2. The van der Waals surface area contributed by atoms with Gasteiger partial charge in [-0.15, -0.1) is 0 Å². The number of rotatable bonds is 3. The van der Waals surface area contributed by atoms with E-state index < -0.39 is 11.0 Å². The molecule has 0 spiro atoms. The third-order valence-corrected chi connectivity index (χ3v) is 3.71. The van der Waals surface area contributed by atoms with Gasteiger partial charge in [-0.2, -0.15) is 0 Å². The molecule has 0 saturated heterocycles. The summed E-state index contributed by atoms with van der Waals surface area (Å²) in [6, 6.07) is 2.77. The van der Waals surface area contributed by atoms with Gasteiger partial charge in [-0.3, -0.25) is 4.98 Å². The fourth-order valence-electron chi connectivity index (χ4n) is 1.04. The number of hydrogen-bond donors (Lipinski definition) is 1. The van der Waals surface area contributed by atoms with Crippen LogP contribution in [-0.4, -0.2) is 13.9 Å². The average molecular weight is 244 g/mol. The van der Waals surface area contributed by atoms with Crippen molar-refractivity contribution in [2.45, 2.75) is 38.5 Å². The van der Waals surface area contributed by atoms with E-state index in [9.17, 15) is 8.60 Å². The second-order valence-corrected chi connectivity index (χ2v) is 6.62. The molecule has 2 atom stereocenters. The van der Waals surface area contributed by atoms with Gasteiger partial charge in [-0.05, 0) is 39.8 Å². The van der Waals surface area contributed by atoms with Crippen LogP contribution in [0.3, 0.4) is 0 Å². The highest BCUT2D eigenvalue weighted by Crippen LogP contribution is 2.15. The van der Waals surface area contributed by atoms with Gasteiger partial charge in [0.2, 0.25) is 0 Å². The molecule has 1 rings (SSSR count). The van der Waals surface area contributed by atoms with E-state index in [-0.39, 0.29) is 16.6 Å². The molecule has 5 heteroatoms. The van der Waals surface area contributed by atoms with E-state index in [1.807, 2.05) is 27.7 Å². The standard InChI is InChI=1S/C11H17FN2OS/c1-8(14-16(15)11(2,3)4)10-6-5-9(12)7-13-10/h5-8,14H,1-4H3/t8?,16-/m1/s1. The highest BCUT2D eigenvalue weighted by Gasteiger charge is 2.21. The minimum atomic E-state index is -1.16. The maximum absolute atomic E-state index is 12.7. The molecule has 0 saturated carbocycles. The molecule has 0 aromatic carbocycles. The fraction of sp³-hybridized carbons (Fsp3) is 0.545. The molecule has 0 bridgehead atoms. The zero-order valence-corrected chi connectivity index (χ0v) is 10.8. The first-order valence-corrected chi connectivity index (χ1v) is 6.25. The summed E-state index contributed by atoms with van der Waals surface area (Å²) >= 11 is 0. The van der Waals surface area contributed by atoms with Gasteiger partial charge in [0, 0.05) is 0 Å². The van der Waals surface area contributed by atoms with Crippen LogP contribution in [0.1, 0.15) is 39.4 Å². The normalized spacial score (nSPS) is 15.8. The van der Waals surface area contributed by atoms with Crippen molar-refractivity contribution < 1.29 is 8.60 Å². The molecule has 0 radical (unpaired) electrons. The lowest BCUT2D eigenvalue weighted by Gasteiger charge is -2.21. The van der Waals surface area contributed by atoms with Crippen molar-refractivity contribution in [2.24, 2.45) is 0 Å². The van der Waals surface area contributed by atoms with Gasteiger partial charge >= 0.3 is 0 Å². The Bertz CT molecular complexity index is 373. The first-order valence-electron chi connectivity index (χ1n) is 5.10. The summed E-state index contributed by atoms with van der Waals surface area (Å²) in [6.07, 6.45) is 1.16. The first-order chi connectivity index (χ1) is 7.30. The lowest BCUT2D eigenvalue weighted by Crippen LogP contribution is -2.35. The minimum Gasteiger partial charge on any atom is -0.257 e. The highest BCUT2D eigenvalue weighted by molar-refractivity contribution is 7.84. The minimum absolute atomic E-state index is 0.166. The Morgan fingerprint density at radius 1 is 1.44 bits per heavy atom. The second kappa shape index (κ2) is 5.01. The van der Waals surface area contributed by atoms with Gasteiger partial charge in [0.1, 0.15) is 5.82 Å². The first kappa shape index (κ1) is 13.3. The van der Waals surface area contributed by atoms with Crippen LogP contribution in [0, 0.1) is 5.82 Å². The molecule has 0 aliphatic rings. The molecule has 1 N–H and O–H groups in total. The molecule has 1 aromatic rings. The van der Waals surface area contributed by atoms with E-state index >= 15 is 0 Å². The van der Waals surface area contributed by atoms with Crippen LogP contribution < -0.4 is 4.72 Å². The van der Waals surface area contributed by atoms with Crippen molar-refractivity contribution in [1.82, 2.24) is 9.71 Å². The van der Waals surface area contributed by atoms with E-state index in [1.165, 1.54) is 6.07 Å². The van der Waals surface area contributed by atoms with Crippen molar-refractivity contribution in [2.75, 3.05) is 0 Å². The molecular weight excluding hydrogens is 227 g/mol. The maximum Gasteiger partial charge on any atom is 0.141 e. The van der Waals surface area contributed by atoms with E-state index in [0.29, 0.717) is 5.69 Å². The van der Waals surface area contributed by atoms with Gasteiger partial charge in [0.15, 0.2) is 0 Å². The van der Waals surface area contributed by atoms with Gasteiger partial charge in [-0.25, -0.2) is 13.3 Å². The molecule has 0 fully saturated rings. The van der Waals surface area contributed by atoms with Crippen LogP contribution in [0.25, 0.3) is 0 Å². The molecule has 3 nitrogen and oxygen atoms in total. The number of halogens is 1. The molecular formula is C11H17FN2OS. The van der Waals surface area contributed by atoms with Crippen LogP contribution in [0.2, 0.25) is 0 Å². The number of nitrogens with zero attached hydrogens (tertiary/aromatic N) is 1. The lowest BCUT2D eigenvalue weighted by atomic mass is 10.2. The van der Waals surface area contributed by atoms with Crippen molar-refractivity contribution in [3.8, 4) is 0 Å². The smallest absolute Gasteiger partial charge is 0.141 e. The summed E-state index contributed by atoms with van der Waals surface area (Å²) < 4.78 is 27.1. The Kier molecular flexibility index (Phi) is 4.15. The van der Waals surface area contributed by atoms with E-state index in [0.717, 1.165) is 6.20 Å². The van der Waals surface area contributed by atoms with Crippen molar-refractivity contribution >= 4 is 11.0 Å². The van der Waals surface area contributed by atoms with Crippen LogP contribution in [0.4, 0.5) is 4.39 Å². The summed E-state index contributed by atoms with van der Waals surface area (Å²) in [7, 11) is -1.16. The molecule has 90 valence electrons. The van der Waals surface area contributed by atoms with Gasteiger partial charge < -0.3 is 0 Å². The average Bonchev–Trinajstić information content (AvgIpc) is 2.17. The Morgan fingerprint density at radius 2 is 2.06 bits per heavy atom. The number of aromatic nitrogens is 1. The molecule has 16 heavy (non-hydrogen) atoms. The van der Waals surface area contributed by atoms with Crippen LogP contribution in [-0.2, 0) is 11.0 Å². The quantitative estimate of drug-likeness (QED) is 0.886. The summed E-state index contributed by atoms with van der Waals surface area (Å²) in [5.41, 5.74) is 0.680. The molecule has 1 unspecified atom stereocenters. The van der Waals surface area contributed by atoms with Gasteiger partial charge in [0.25, 0.3) is 0 Å².